The van der Waals surface area contributed by atoms with Gasteiger partial charge in [-0.15, -0.1) is 0 Å². The van der Waals surface area contributed by atoms with Gasteiger partial charge in [0.2, 0.25) is 5.88 Å². The minimum Gasteiger partial charge on any atom is -0.481 e. The quantitative estimate of drug-likeness (QED) is 0.445. The second-order valence-electron chi connectivity index (χ2n) is 1.43. The van der Waals surface area contributed by atoms with Crippen LogP contribution in [0.2, 0.25) is 0 Å². The average Bonchev–Trinajstić information content (AvgIpc) is 1.83. The second kappa shape index (κ2) is 3.72. The molecule has 0 unspecified atom stereocenters. The van der Waals surface area contributed by atoms with Crippen molar-refractivity contribution in [3.8, 4) is 0 Å². The molecule has 2 N–H and O–H groups in total. The molecule has 0 aromatic rings. The smallest absolute Gasteiger partial charge is 0.205 e. The summed E-state index contributed by atoms with van der Waals surface area (Å²) in [4.78, 5) is 3.68. The van der Waals surface area contributed by atoms with Crippen LogP contribution in [0.3, 0.4) is 0 Å². The Morgan fingerprint density at radius 1 is 1.67 bits per heavy atom. The molecule has 0 amide bonds. The van der Waals surface area contributed by atoms with Gasteiger partial charge in [0.1, 0.15) is 0 Å². The van der Waals surface area contributed by atoms with Crippen LogP contribution in [0.5, 0.6) is 0 Å². The Balaban J connectivity index is 3.71. The largest absolute Gasteiger partial charge is 0.481 e. The number of hydrogen-bond donors (Lipinski definition) is 1. The van der Waals surface area contributed by atoms with Crippen molar-refractivity contribution >= 4 is 6.21 Å². The molecule has 3 nitrogen and oxygen atoms in total. The van der Waals surface area contributed by atoms with Crippen molar-refractivity contribution in [2.45, 2.75) is 0 Å². The number of rotatable bonds is 3. The molecule has 0 aromatic carbocycles. The Labute approximate surface area is 54.5 Å². The zero-order valence-corrected chi connectivity index (χ0v) is 5.42. The molecular weight excluding hydrogens is 116 g/mol. The average molecular weight is 126 g/mol. The monoisotopic (exact) mass is 126 g/mol. The lowest BCUT2D eigenvalue weighted by Crippen LogP contribution is -1.95. The van der Waals surface area contributed by atoms with Crippen LogP contribution in [0, 0.1) is 0 Å². The van der Waals surface area contributed by atoms with Gasteiger partial charge >= 0.3 is 0 Å². The summed E-state index contributed by atoms with van der Waals surface area (Å²) in [7, 11) is 1.49. The van der Waals surface area contributed by atoms with Crippen LogP contribution in [0.1, 0.15) is 0 Å². The van der Waals surface area contributed by atoms with Crippen LogP contribution in [0.4, 0.5) is 0 Å². The molecule has 0 heterocycles. The molecule has 0 aliphatic rings. The van der Waals surface area contributed by atoms with Gasteiger partial charge in [0, 0.05) is 5.70 Å². The van der Waals surface area contributed by atoms with Crippen molar-refractivity contribution in [3.05, 3.63) is 24.7 Å². The van der Waals surface area contributed by atoms with Crippen molar-refractivity contribution in [2.75, 3.05) is 7.11 Å². The lowest BCUT2D eigenvalue weighted by Gasteiger charge is -1.93. The van der Waals surface area contributed by atoms with Crippen molar-refractivity contribution in [1.29, 1.82) is 0 Å². The normalized spacial score (nSPS) is 9.44. The highest BCUT2D eigenvalue weighted by molar-refractivity contribution is 5.76. The molecule has 0 spiro atoms. The summed E-state index contributed by atoms with van der Waals surface area (Å²) in [6.07, 6.45) is 1.38. The minimum atomic E-state index is 0.321. The summed E-state index contributed by atoms with van der Waals surface area (Å²) in [6, 6.07) is 0. The highest BCUT2D eigenvalue weighted by atomic mass is 16.5. The number of aliphatic imine (C=N–C) groups is 1. The number of nitrogens with zero attached hydrogens (tertiary/aromatic N) is 1. The van der Waals surface area contributed by atoms with E-state index in [0.29, 0.717) is 11.6 Å². The summed E-state index contributed by atoms with van der Waals surface area (Å²) in [6.45, 7) is 6.82. The molecular formula is C6H10N2O. The predicted molar refractivity (Wildman–Crippen MR) is 38.0 cm³/mol. The number of hydrogen-bond acceptors (Lipinski definition) is 3. The van der Waals surface area contributed by atoms with E-state index < -0.39 is 0 Å². The molecule has 0 saturated carbocycles. The lowest BCUT2D eigenvalue weighted by molar-refractivity contribution is 0.291. The molecule has 0 radical (unpaired) electrons. The fourth-order valence-corrected chi connectivity index (χ4v) is 0.208. The summed E-state index contributed by atoms with van der Waals surface area (Å²) >= 11 is 0. The van der Waals surface area contributed by atoms with Crippen LogP contribution in [0.15, 0.2) is 29.7 Å². The Morgan fingerprint density at radius 3 is 2.56 bits per heavy atom. The molecule has 0 fully saturated rings. The molecule has 0 aliphatic carbocycles. The molecule has 0 atom stereocenters. The fourth-order valence-electron chi connectivity index (χ4n) is 0.208. The van der Waals surface area contributed by atoms with Gasteiger partial charge in [0.05, 0.1) is 13.3 Å². The summed E-state index contributed by atoms with van der Waals surface area (Å²) < 4.78 is 4.61. The van der Waals surface area contributed by atoms with E-state index >= 15 is 0 Å². The first kappa shape index (κ1) is 7.75. The van der Waals surface area contributed by atoms with E-state index in [-0.39, 0.29) is 0 Å². The van der Waals surface area contributed by atoms with Crippen molar-refractivity contribution in [1.82, 2.24) is 0 Å². The highest BCUT2D eigenvalue weighted by Gasteiger charge is 1.80. The first-order chi connectivity index (χ1) is 4.16. The Bertz CT molecular complexity index is 149. The standard InChI is InChI=1S/C6H10N2O/c1-5(7)4-8-6(2)9-3/h4H,1-2,7H2,3H3/b8-4-. The van der Waals surface area contributed by atoms with Crippen LogP contribution in [-0.2, 0) is 4.74 Å². The van der Waals surface area contributed by atoms with Crippen LogP contribution >= 0.6 is 0 Å². The van der Waals surface area contributed by atoms with Gasteiger partial charge in [-0.2, -0.15) is 0 Å². The highest BCUT2D eigenvalue weighted by Crippen LogP contribution is 1.89. The third kappa shape index (κ3) is 4.61. The van der Waals surface area contributed by atoms with Gasteiger partial charge in [-0.25, -0.2) is 4.99 Å². The zero-order valence-electron chi connectivity index (χ0n) is 5.42. The van der Waals surface area contributed by atoms with Gasteiger partial charge < -0.3 is 10.5 Å². The van der Waals surface area contributed by atoms with E-state index in [4.69, 9.17) is 5.73 Å². The van der Waals surface area contributed by atoms with Crippen molar-refractivity contribution < 1.29 is 4.74 Å². The fraction of sp³-hybridized carbons (Fsp3) is 0.167. The Morgan fingerprint density at radius 2 is 2.22 bits per heavy atom. The van der Waals surface area contributed by atoms with Gasteiger partial charge in [0.25, 0.3) is 0 Å². The van der Waals surface area contributed by atoms with E-state index in [2.05, 4.69) is 22.9 Å². The van der Waals surface area contributed by atoms with Crippen molar-refractivity contribution in [2.24, 2.45) is 10.7 Å². The molecule has 50 valence electrons. The number of ether oxygens (including phenoxy) is 1. The van der Waals surface area contributed by atoms with Gasteiger partial charge in [-0.05, 0) is 6.58 Å². The lowest BCUT2D eigenvalue weighted by atomic mass is 10.6. The molecule has 0 bridgehead atoms. The second-order valence-corrected chi connectivity index (χ2v) is 1.43. The first-order valence-electron chi connectivity index (χ1n) is 2.38. The molecule has 0 saturated heterocycles. The van der Waals surface area contributed by atoms with Crippen LogP contribution in [0.25, 0.3) is 0 Å². The van der Waals surface area contributed by atoms with Crippen molar-refractivity contribution in [3.63, 3.8) is 0 Å². The van der Waals surface area contributed by atoms with Crippen LogP contribution < -0.4 is 5.73 Å². The summed E-state index contributed by atoms with van der Waals surface area (Å²) in [5.74, 6) is 0.321. The number of methoxy groups -OCH3 is 1. The SMILES string of the molecule is C=C(N)/C=N\C(=C)OC. The van der Waals surface area contributed by atoms with E-state index in [1.54, 1.807) is 0 Å². The third-order valence-electron chi connectivity index (χ3n) is 0.610. The maximum absolute atomic E-state index is 5.15. The zero-order chi connectivity index (χ0) is 7.28. The predicted octanol–water partition coefficient (Wildman–Crippen LogP) is 0.647. The Kier molecular flexibility index (Phi) is 3.20. The number of allylic oxidation sites excluding steroid dienone is 1. The molecule has 0 aromatic heterocycles. The first-order valence-corrected chi connectivity index (χ1v) is 2.38. The van der Waals surface area contributed by atoms with Gasteiger partial charge in [0.15, 0.2) is 0 Å². The third-order valence-corrected chi connectivity index (χ3v) is 0.610. The maximum atomic E-state index is 5.15. The van der Waals surface area contributed by atoms with E-state index in [0.717, 1.165) is 0 Å². The molecule has 9 heavy (non-hydrogen) atoms. The molecule has 3 heteroatoms. The topological polar surface area (TPSA) is 47.6 Å². The van der Waals surface area contributed by atoms with E-state index in [1.165, 1.54) is 13.3 Å². The van der Waals surface area contributed by atoms with Gasteiger partial charge in [-0.3, -0.25) is 0 Å². The summed E-state index contributed by atoms with van der Waals surface area (Å²) in [5, 5.41) is 0. The molecule has 0 rings (SSSR count). The van der Waals surface area contributed by atoms with Gasteiger partial charge in [-0.1, -0.05) is 6.58 Å². The van der Waals surface area contributed by atoms with E-state index in [9.17, 15) is 0 Å². The summed E-state index contributed by atoms with van der Waals surface area (Å²) in [5.41, 5.74) is 5.54. The molecule has 0 aliphatic heterocycles. The Hall–Kier alpha value is -1.25. The minimum absolute atomic E-state index is 0.321. The van der Waals surface area contributed by atoms with Crippen LogP contribution in [-0.4, -0.2) is 13.3 Å². The maximum Gasteiger partial charge on any atom is 0.205 e. The van der Waals surface area contributed by atoms with E-state index in [1.807, 2.05) is 0 Å². The number of nitrogens with two attached hydrogens (primary N) is 1.